The third-order valence-electron chi connectivity index (χ3n) is 3.42. The normalized spacial score (nSPS) is 12.4. The summed E-state index contributed by atoms with van der Waals surface area (Å²) < 4.78 is 30.9. The van der Waals surface area contributed by atoms with Crippen molar-refractivity contribution in [3.63, 3.8) is 0 Å². The summed E-state index contributed by atoms with van der Waals surface area (Å²) in [6.07, 6.45) is 0. The lowest BCUT2D eigenvalue weighted by Crippen LogP contribution is -2.36. The third-order valence-corrected chi connectivity index (χ3v) is 4.35. The molecule has 0 spiro atoms. The van der Waals surface area contributed by atoms with E-state index in [4.69, 9.17) is 9.88 Å². The van der Waals surface area contributed by atoms with E-state index in [-0.39, 0.29) is 17.2 Å². The first-order valence-corrected chi connectivity index (χ1v) is 8.97. The van der Waals surface area contributed by atoms with Gasteiger partial charge in [0.2, 0.25) is 10.0 Å². The summed E-state index contributed by atoms with van der Waals surface area (Å²) in [5, 5.41) is 9.31. The zero-order valence-electron chi connectivity index (χ0n) is 14.2. The molecule has 1 aromatic heterocycles. The fourth-order valence-electron chi connectivity index (χ4n) is 2.17. The van der Waals surface area contributed by atoms with Crippen LogP contribution >= 0.6 is 0 Å². The van der Waals surface area contributed by atoms with Crippen molar-refractivity contribution < 1.29 is 13.2 Å². The highest BCUT2D eigenvalue weighted by atomic mass is 32.2. The first-order chi connectivity index (χ1) is 11.0. The number of ether oxygens (including phenoxy) is 1. The average molecular weight is 354 g/mol. The van der Waals surface area contributed by atoms with Crippen LogP contribution in [0.4, 0.5) is 0 Å². The molecule has 2 N–H and O–H groups in total. The number of sulfonamides is 1. The average Bonchev–Trinajstić information content (AvgIpc) is 2.74. The molecule has 2 rings (SSSR count). The van der Waals surface area contributed by atoms with Crippen LogP contribution in [0.2, 0.25) is 0 Å². The third kappa shape index (κ3) is 4.04. The molecule has 0 aliphatic carbocycles. The molecule has 24 heavy (non-hydrogen) atoms. The molecule has 132 valence electrons. The molecule has 2 aromatic rings. The second-order valence-corrected chi connectivity index (χ2v) is 7.99. The summed E-state index contributed by atoms with van der Waals surface area (Å²) in [5.74, 6) is 1.11. The van der Waals surface area contributed by atoms with Crippen LogP contribution in [0.25, 0.3) is 0 Å². The Labute approximate surface area is 140 Å². The summed E-state index contributed by atoms with van der Waals surface area (Å²) >= 11 is 0. The maximum absolute atomic E-state index is 12.4. The zero-order valence-corrected chi connectivity index (χ0v) is 15.0. The molecule has 0 unspecified atom stereocenters. The smallest absolute Gasteiger partial charge is 0.346 e. The number of nitrogens with two attached hydrogens (primary N) is 1. The Morgan fingerprint density at radius 3 is 2.25 bits per heavy atom. The molecule has 0 fully saturated rings. The van der Waals surface area contributed by atoms with Gasteiger partial charge in [-0.15, -0.1) is 0 Å². The standard InChI is InChI=1S/C15H22N4O4S/c1-11-17-19(15(2,3)4)14(20)18(11)9-10-23-12-5-7-13(8-6-12)24(16,21)22/h5-8H,9-10H2,1-4H3,(H2,16,21,22). The van der Waals surface area contributed by atoms with Gasteiger partial charge in [-0.1, -0.05) is 0 Å². The number of hydrogen-bond acceptors (Lipinski definition) is 5. The second kappa shape index (κ2) is 6.40. The highest BCUT2D eigenvalue weighted by Crippen LogP contribution is 2.15. The van der Waals surface area contributed by atoms with Gasteiger partial charge in [0, 0.05) is 0 Å². The Morgan fingerprint density at radius 2 is 1.79 bits per heavy atom. The molecular weight excluding hydrogens is 332 g/mol. The lowest BCUT2D eigenvalue weighted by molar-refractivity contribution is 0.291. The second-order valence-electron chi connectivity index (χ2n) is 6.43. The fourth-order valence-corrected chi connectivity index (χ4v) is 2.68. The molecule has 0 amide bonds. The first-order valence-electron chi connectivity index (χ1n) is 7.43. The number of benzene rings is 1. The van der Waals surface area contributed by atoms with Gasteiger partial charge >= 0.3 is 5.69 Å². The summed E-state index contributed by atoms with van der Waals surface area (Å²) in [7, 11) is -3.72. The van der Waals surface area contributed by atoms with Crippen molar-refractivity contribution in [2.75, 3.05) is 6.61 Å². The number of primary sulfonamides is 1. The van der Waals surface area contributed by atoms with Gasteiger partial charge in [-0.25, -0.2) is 23.0 Å². The number of aromatic nitrogens is 3. The topological polar surface area (TPSA) is 109 Å². The van der Waals surface area contributed by atoms with Crippen molar-refractivity contribution in [1.29, 1.82) is 0 Å². The van der Waals surface area contributed by atoms with Crippen LogP contribution in [-0.2, 0) is 22.1 Å². The predicted molar refractivity (Wildman–Crippen MR) is 89.5 cm³/mol. The van der Waals surface area contributed by atoms with Gasteiger partial charge < -0.3 is 4.74 Å². The molecule has 0 radical (unpaired) electrons. The van der Waals surface area contributed by atoms with E-state index in [9.17, 15) is 13.2 Å². The van der Waals surface area contributed by atoms with E-state index in [1.165, 1.54) is 28.9 Å². The van der Waals surface area contributed by atoms with E-state index in [1.54, 1.807) is 11.5 Å². The van der Waals surface area contributed by atoms with Crippen LogP contribution in [-0.4, -0.2) is 29.4 Å². The van der Waals surface area contributed by atoms with Gasteiger partial charge in [0.15, 0.2) is 0 Å². The van der Waals surface area contributed by atoms with Crippen molar-refractivity contribution in [3.05, 3.63) is 40.6 Å². The monoisotopic (exact) mass is 354 g/mol. The van der Waals surface area contributed by atoms with E-state index >= 15 is 0 Å². The van der Waals surface area contributed by atoms with E-state index < -0.39 is 15.6 Å². The van der Waals surface area contributed by atoms with E-state index in [2.05, 4.69) is 5.10 Å². The van der Waals surface area contributed by atoms with Crippen molar-refractivity contribution in [2.45, 2.75) is 44.7 Å². The van der Waals surface area contributed by atoms with Gasteiger partial charge in [-0.3, -0.25) is 4.57 Å². The largest absolute Gasteiger partial charge is 0.492 e. The van der Waals surface area contributed by atoms with Gasteiger partial charge in [0.05, 0.1) is 17.0 Å². The fraction of sp³-hybridized carbons (Fsp3) is 0.467. The molecule has 1 heterocycles. The van der Waals surface area contributed by atoms with E-state index in [0.717, 1.165) is 0 Å². The van der Waals surface area contributed by atoms with Crippen LogP contribution in [0.1, 0.15) is 26.6 Å². The number of rotatable bonds is 5. The summed E-state index contributed by atoms with van der Waals surface area (Å²) in [6.45, 7) is 8.10. The Balaban J connectivity index is 2.05. The molecule has 9 heteroatoms. The van der Waals surface area contributed by atoms with Crippen molar-refractivity contribution in [1.82, 2.24) is 14.3 Å². The van der Waals surface area contributed by atoms with Crippen LogP contribution in [0, 0.1) is 6.92 Å². The van der Waals surface area contributed by atoms with Gasteiger partial charge in [0.1, 0.15) is 18.2 Å². The molecule has 0 bridgehead atoms. The Kier molecular flexibility index (Phi) is 4.86. The molecular formula is C15H22N4O4S. The van der Waals surface area contributed by atoms with Crippen molar-refractivity contribution in [3.8, 4) is 5.75 Å². The van der Waals surface area contributed by atoms with Crippen LogP contribution < -0.4 is 15.6 Å². The van der Waals surface area contributed by atoms with Crippen LogP contribution in [0.15, 0.2) is 34.0 Å². The molecule has 8 nitrogen and oxygen atoms in total. The number of hydrogen-bond donors (Lipinski definition) is 1. The highest BCUT2D eigenvalue weighted by Gasteiger charge is 2.20. The molecule has 0 saturated heterocycles. The van der Waals surface area contributed by atoms with Crippen LogP contribution in [0.5, 0.6) is 5.75 Å². The highest BCUT2D eigenvalue weighted by molar-refractivity contribution is 7.89. The van der Waals surface area contributed by atoms with Gasteiger partial charge in [-0.05, 0) is 52.0 Å². The molecule has 0 aliphatic rings. The zero-order chi connectivity index (χ0) is 18.1. The first kappa shape index (κ1) is 18.2. The Hall–Kier alpha value is -2.13. The minimum absolute atomic E-state index is 0.0216. The lowest BCUT2D eigenvalue weighted by Gasteiger charge is -2.16. The molecule has 1 aromatic carbocycles. The minimum atomic E-state index is -3.72. The molecule has 0 atom stereocenters. The number of nitrogens with zero attached hydrogens (tertiary/aromatic N) is 3. The SMILES string of the molecule is Cc1nn(C(C)(C)C)c(=O)n1CCOc1ccc(S(N)(=O)=O)cc1. The number of aryl methyl sites for hydroxylation is 1. The van der Waals surface area contributed by atoms with Gasteiger partial charge in [-0.2, -0.15) is 5.10 Å². The summed E-state index contributed by atoms with van der Waals surface area (Å²) in [4.78, 5) is 12.4. The van der Waals surface area contributed by atoms with Crippen LogP contribution in [0.3, 0.4) is 0 Å². The molecule has 0 aliphatic heterocycles. The minimum Gasteiger partial charge on any atom is -0.492 e. The lowest BCUT2D eigenvalue weighted by atomic mass is 10.1. The van der Waals surface area contributed by atoms with E-state index in [0.29, 0.717) is 18.1 Å². The maximum atomic E-state index is 12.4. The summed E-state index contributed by atoms with van der Waals surface area (Å²) in [6, 6.07) is 5.79. The quantitative estimate of drug-likeness (QED) is 0.855. The summed E-state index contributed by atoms with van der Waals surface area (Å²) in [5.41, 5.74) is -0.578. The Morgan fingerprint density at radius 1 is 1.21 bits per heavy atom. The van der Waals surface area contributed by atoms with E-state index in [1.807, 2.05) is 20.8 Å². The van der Waals surface area contributed by atoms with Gasteiger partial charge in [0.25, 0.3) is 0 Å². The molecule has 0 saturated carbocycles. The predicted octanol–water partition coefficient (Wildman–Crippen LogP) is 0.835. The van der Waals surface area contributed by atoms with Crippen molar-refractivity contribution >= 4 is 10.0 Å². The van der Waals surface area contributed by atoms with Crippen molar-refractivity contribution in [2.24, 2.45) is 5.14 Å². The Bertz CT molecular complexity index is 874. The maximum Gasteiger partial charge on any atom is 0.346 e.